The fourth-order valence-corrected chi connectivity index (χ4v) is 6.40. The van der Waals surface area contributed by atoms with Gasteiger partial charge in [-0.3, -0.25) is 4.79 Å². The fraction of sp³-hybridized carbons (Fsp3) is 0.679. The Morgan fingerprint density at radius 2 is 1.82 bits per heavy atom. The van der Waals surface area contributed by atoms with E-state index in [2.05, 4.69) is 58.6 Å². The molecular formula is C28H44BrN5O5Si. The predicted octanol–water partition coefficient (Wildman–Crippen LogP) is 5.34. The van der Waals surface area contributed by atoms with Crippen molar-refractivity contribution in [1.29, 1.82) is 0 Å². The number of nitrogens with zero attached hydrogens (tertiary/aromatic N) is 5. The quantitative estimate of drug-likeness (QED) is 0.307. The molecule has 222 valence electrons. The zero-order valence-electron chi connectivity index (χ0n) is 25.3. The van der Waals surface area contributed by atoms with Crippen molar-refractivity contribution in [2.45, 2.75) is 91.0 Å². The summed E-state index contributed by atoms with van der Waals surface area (Å²) < 4.78 is 18.5. The number of hydrogen-bond acceptors (Lipinski definition) is 8. The highest BCUT2D eigenvalue weighted by atomic mass is 79.9. The van der Waals surface area contributed by atoms with Gasteiger partial charge in [-0.15, -0.1) is 0 Å². The Morgan fingerprint density at radius 1 is 1.12 bits per heavy atom. The Kier molecular flexibility index (Phi) is 8.82. The van der Waals surface area contributed by atoms with E-state index in [0.29, 0.717) is 31.3 Å². The lowest BCUT2D eigenvalue weighted by Gasteiger charge is -2.46. The molecule has 0 saturated carbocycles. The number of amidine groups is 1. The zero-order valence-corrected chi connectivity index (χ0v) is 27.9. The van der Waals surface area contributed by atoms with Crippen LogP contribution in [0.1, 0.15) is 41.5 Å². The number of fused-ring (bicyclic) bond motifs is 3. The highest BCUT2D eigenvalue weighted by Crippen LogP contribution is 2.43. The molecule has 3 atom stereocenters. The van der Waals surface area contributed by atoms with Gasteiger partial charge in [0.15, 0.2) is 5.84 Å². The Hall–Kier alpha value is -2.31. The van der Waals surface area contributed by atoms with Gasteiger partial charge in [0.25, 0.3) is 5.91 Å². The van der Waals surface area contributed by atoms with Crippen molar-refractivity contribution < 1.29 is 23.8 Å². The van der Waals surface area contributed by atoms with Crippen molar-refractivity contribution in [3.05, 3.63) is 16.6 Å². The number of carbonyl (C=O) groups is 2. The van der Waals surface area contributed by atoms with E-state index in [4.69, 9.17) is 14.2 Å². The molecule has 1 aromatic rings. The van der Waals surface area contributed by atoms with Gasteiger partial charge in [-0.1, -0.05) is 19.6 Å². The maximum atomic E-state index is 13.3. The normalized spacial score (nSPS) is 23.4. The molecule has 12 heteroatoms. The molecule has 4 rings (SSSR count). The maximum absolute atomic E-state index is 13.3. The number of halogens is 1. The number of piperazine rings is 1. The van der Waals surface area contributed by atoms with E-state index in [-0.39, 0.29) is 37.4 Å². The van der Waals surface area contributed by atoms with Gasteiger partial charge in [0.2, 0.25) is 0 Å². The zero-order chi connectivity index (χ0) is 29.6. The first-order chi connectivity index (χ1) is 18.6. The Labute approximate surface area is 247 Å². The van der Waals surface area contributed by atoms with Crippen LogP contribution in [0.25, 0.3) is 0 Å². The molecule has 0 radical (unpaired) electrons. The molecule has 1 saturated heterocycles. The summed E-state index contributed by atoms with van der Waals surface area (Å²) in [6.45, 7) is 20.8. The summed E-state index contributed by atoms with van der Waals surface area (Å²) in [7, 11) is -1.22. The molecule has 1 unspecified atom stereocenters. The number of carbonyl (C=O) groups excluding carboxylic acids is 2. The SMILES string of the molecule is CC1C(=O)N(COCC[Si](C)(C)C)N=C2COc3cc(Br)c(N4C[C@H](C)N(C(=O)OC(C)(C)C)C[C@H]4C)cc3N21. The van der Waals surface area contributed by atoms with E-state index in [9.17, 15) is 9.59 Å². The molecule has 0 aliphatic carbocycles. The number of rotatable bonds is 6. The van der Waals surface area contributed by atoms with Crippen LogP contribution in [0, 0.1) is 0 Å². The second-order valence-electron chi connectivity index (χ2n) is 13.2. The molecule has 0 N–H and O–H groups in total. The lowest BCUT2D eigenvalue weighted by atomic mass is 10.1. The minimum atomic E-state index is -1.22. The third kappa shape index (κ3) is 6.76. The standard InChI is InChI=1S/C28H44BrN5O5Si/c1-18-15-32(27(36)39-28(4,5)6)19(2)14-31(18)22-13-23-24(12-21(22)29)38-16-25-30-33(26(35)20(3)34(23)25)17-37-10-11-40(7,8)9/h12-13,18-20H,10-11,14-17H2,1-9H3/t18-,19+,20?/m1/s1. The van der Waals surface area contributed by atoms with Crippen LogP contribution < -0.4 is 14.5 Å². The van der Waals surface area contributed by atoms with Crippen molar-refractivity contribution >= 4 is 53.2 Å². The van der Waals surface area contributed by atoms with E-state index < -0.39 is 19.7 Å². The maximum Gasteiger partial charge on any atom is 0.410 e. The summed E-state index contributed by atoms with van der Waals surface area (Å²) in [5, 5.41) is 6.05. The average molecular weight is 639 g/mol. The van der Waals surface area contributed by atoms with Crippen LogP contribution >= 0.6 is 15.9 Å². The molecule has 1 aromatic carbocycles. The Bertz CT molecular complexity index is 1170. The first-order valence-electron chi connectivity index (χ1n) is 14.0. The fourth-order valence-electron chi connectivity index (χ4n) is 5.09. The third-order valence-corrected chi connectivity index (χ3v) is 9.63. The smallest absolute Gasteiger partial charge is 0.410 e. The Balaban J connectivity index is 1.54. The molecule has 2 amide bonds. The van der Waals surface area contributed by atoms with Gasteiger partial charge in [-0.05, 0) is 75.6 Å². The monoisotopic (exact) mass is 637 g/mol. The van der Waals surface area contributed by atoms with Crippen LogP contribution in [0.3, 0.4) is 0 Å². The first-order valence-corrected chi connectivity index (χ1v) is 18.5. The molecular weight excluding hydrogens is 594 g/mol. The van der Waals surface area contributed by atoms with Gasteiger partial charge >= 0.3 is 6.09 Å². The van der Waals surface area contributed by atoms with Gasteiger partial charge in [-0.25, -0.2) is 9.80 Å². The summed E-state index contributed by atoms with van der Waals surface area (Å²) >= 11 is 3.75. The summed E-state index contributed by atoms with van der Waals surface area (Å²) in [5.74, 6) is 1.27. The van der Waals surface area contributed by atoms with Gasteiger partial charge in [0, 0.05) is 44.3 Å². The molecule has 0 bridgehead atoms. The molecule has 1 fully saturated rings. The van der Waals surface area contributed by atoms with Crippen LogP contribution in [-0.2, 0) is 14.3 Å². The lowest BCUT2D eigenvalue weighted by Crippen LogP contribution is -2.59. The average Bonchev–Trinajstić information content (AvgIpc) is 2.83. The summed E-state index contributed by atoms with van der Waals surface area (Å²) in [4.78, 5) is 32.2. The second-order valence-corrected chi connectivity index (χ2v) is 19.7. The summed E-state index contributed by atoms with van der Waals surface area (Å²) in [6, 6.07) is 4.59. The molecule has 10 nitrogen and oxygen atoms in total. The molecule has 40 heavy (non-hydrogen) atoms. The molecule has 3 aliphatic heterocycles. The number of anilines is 2. The van der Waals surface area contributed by atoms with Crippen molar-refractivity contribution in [3.63, 3.8) is 0 Å². The number of hydrogen-bond donors (Lipinski definition) is 0. The van der Waals surface area contributed by atoms with Crippen molar-refractivity contribution in [2.24, 2.45) is 5.10 Å². The van der Waals surface area contributed by atoms with E-state index >= 15 is 0 Å². The van der Waals surface area contributed by atoms with Gasteiger partial charge in [-0.2, -0.15) is 5.10 Å². The number of benzene rings is 1. The molecule has 3 aliphatic rings. The number of ether oxygens (including phenoxy) is 3. The largest absolute Gasteiger partial charge is 0.483 e. The minimum Gasteiger partial charge on any atom is -0.483 e. The van der Waals surface area contributed by atoms with Gasteiger partial charge < -0.3 is 28.9 Å². The van der Waals surface area contributed by atoms with Crippen LogP contribution in [0.2, 0.25) is 25.7 Å². The van der Waals surface area contributed by atoms with E-state index in [1.165, 1.54) is 5.01 Å². The minimum absolute atomic E-state index is 0.0416. The van der Waals surface area contributed by atoms with Gasteiger partial charge in [0.1, 0.15) is 30.7 Å². The van der Waals surface area contributed by atoms with E-state index in [1.54, 1.807) is 4.90 Å². The molecule has 3 heterocycles. The number of hydrazone groups is 1. The van der Waals surface area contributed by atoms with Crippen molar-refractivity contribution in [3.8, 4) is 5.75 Å². The molecule has 0 spiro atoms. The highest BCUT2D eigenvalue weighted by molar-refractivity contribution is 9.10. The van der Waals surface area contributed by atoms with Gasteiger partial charge in [0.05, 0.1) is 11.4 Å². The highest BCUT2D eigenvalue weighted by Gasteiger charge is 2.41. The predicted molar refractivity (Wildman–Crippen MR) is 164 cm³/mol. The third-order valence-electron chi connectivity index (χ3n) is 7.29. The first kappa shape index (κ1) is 30.6. The summed E-state index contributed by atoms with van der Waals surface area (Å²) in [6.07, 6.45) is -0.292. The van der Waals surface area contributed by atoms with Crippen LogP contribution in [0.4, 0.5) is 16.2 Å². The lowest BCUT2D eigenvalue weighted by molar-refractivity contribution is -0.138. The van der Waals surface area contributed by atoms with E-state index in [0.717, 1.165) is 21.9 Å². The number of amides is 2. The Morgan fingerprint density at radius 3 is 2.48 bits per heavy atom. The second kappa shape index (κ2) is 11.5. The van der Waals surface area contributed by atoms with Crippen molar-refractivity contribution in [1.82, 2.24) is 9.91 Å². The topological polar surface area (TPSA) is 87.2 Å². The summed E-state index contributed by atoms with van der Waals surface area (Å²) in [5.41, 5.74) is 1.23. The van der Waals surface area contributed by atoms with E-state index in [1.807, 2.05) is 45.6 Å². The molecule has 0 aromatic heterocycles. The van der Waals surface area contributed by atoms with Crippen LogP contribution in [0.5, 0.6) is 5.75 Å². The van der Waals surface area contributed by atoms with Crippen molar-refractivity contribution in [2.75, 3.05) is 42.8 Å². The van der Waals surface area contributed by atoms with Crippen LogP contribution in [0.15, 0.2) is 21.7 Å². The van der Waals surface area contributed by atoms with Crippen LogP contribution in [-0.4, -0.2) is 92.6 Å².